The first-order valence-electron chi connectivity index (χ1n) is 3.96. The van der Waals surface area contributed by atoms with Crippen molar-refractivity contribution in [2.75, 3.05) is 0 Å². The molecule has 12 heavy (non-hydrogen) atoms. The zero-order chi connectivity index (χ0) is 9.52. The summed E-state index contributed by atoms with van der Waals surface area (Å²) in [5.41, 5.74) is 3.79. The average Bonchev–Trinajstić information content (AvgIpc) is 2.60. The summed E-state index contributed by atoms with van der Waals surface area (Å²) in [6.07, 6.45) is 0.398. The lowest BCUT2D eigenvalue weighted by molar-refractivity contribution is -0.149. The second kappa shape index (κ2) is 2.47. The second-order valence-corrected chi connectivity index (χ2v) is 3.70. The fraction of sp³-hybridized carbons (Fsp3) is 0.750. The van der Waals surface area contributed by atoms with Crippen LogP contribution < -0.4 is 5.73 Å². The van der Waals surface area contributed by atoms with Gasteiger partial charge in [0.05, 0.1) is 0 Å². The van der Waals surface area contributed by atoms with Crippen LogP contribution in [0.25, 0.3) is 0 Å². The lowest BCUT2D eigenvalue weighted by atomic mass is 9.97. The number of carbonyl (C=O) groups excluding carboxylic acids is 1. The molecule has 0 bridgehead atoms. The maximum atomic E-state index is 10.9. The van der Waals surface area contributed by atoms with E-state index in [0.717, 1.165) is 0 Å². The number of primary amides is 1. The van der Waals surface area contributed by atoms with Crippen molar-refractivity contribution in [3.05, 3.63) is 0 Å². The summed E-state index contributed by atoms with van der Waals surface area (Å²) in [4.78, 5) is 21.6. The van der Waals surface area contributed by atoms with E-state index < -0.39 is 17.3 Å². The van der Waals surface area contributed by atoms with Crippen LogP contribution in [0.1, 0.15) is 20.3 Å². The van der Waals surface area contributed by atoms with Gasteiger partial charge in [0.15, 0.2) is 0 Å². The number of hydrogen-bond donors (Lipinski definition) is 2. The van der Waals surface area contributed by atoms with E-state index in [-0.39, 0.29) is 11.8 Å². The monoisotopic (exact) mass is 171 g/mol. The Hall–Kier alpha value is -1.06. The highest BCUT2D eigenvalue weighted by atomic mass is 16.4. The molecule has 2 atom stereocenters. The van der Waals surface area contributed by atoms with Crippen molar-refractivity contribution in [2.24, 2.45) is 23.0 Å². The van der Waals surface area contributed by atoms with Gasteiger partial charge in [-0.15, -0.1) is 0 Å². The molecule has 1 saturated carbocycles. The lowest BCUT2D eigenvalue weighted by Gasteiger charge is -2.09. The maximum Gasteiger partial charge on any atom is 0.319 e. The minimum atomic E-state index is -1.26. The minimum absolute atomic E-state index is 0.0764. The molecule has 1 fully saturated rings. The van der Waals surface area contributed by atoms with Crippen molar-refractivity contribution < 1.29 is 14.7 Å². The number of carbonyl (C=O) groups is 2. The molecular weight excluding hydrogens is 158 g/mol. The van der Waals surface area contributed by atoms with Gasteiger partial charge < -0.3 is 10.8 Å². The van der Waals surface area contributed by atoms with Crippen LogP contribution in [0.5, 0.6) is 0 Å². The van der Waals surface area contributed by atoms with Crippen molar-refractivity contribution in [1.29, 1.82) is 0 Å². The number of aliphatic carboxylic acids is 1. The average molecular weight is 171 g/mol. The molecule has 4 heteroatoms. The molecule has 0 heterocycles. The van der Waals surface area contributed by atoms with E-state index in [2.05, 4.69) is 0 Å². The van der Waals surface area contributed by atoms with Crippen molar-refractivity contribution in [3.8, 4) is 0 Å². The first kappa shape index (κ1) is 9.03. The minimum Gasteiger partial charge on any atom is -0.480 e. The van der Waals surface area contributed by atoms with Crippen LogP contribution in [-0.2, 0) is 9.59 Å². The van der Waals surface area contributed by atoms with E-state index in [0.29, 0.717) is 6.42 Å². The zero-order valence-corrected chi connectivity index (χ0v) is 7.20. The summed E-state index contributed by atoms with van der Waals surface area (Å²) in [5, 5.41) is 8.79. The Morgan fingerprint density at radius 3 is 2.17 bits per heavy atom. The number of hydrogen-bond acceptors (Lipinski definition) is 2. The number of carboxylic acid groups (broad SMARTS) is 1. The van der Waals surface area contributed by atoms with Gasteiger partial charge in [-0.2, -0.15) is 0 Å². The van der Waals surface area contributed by atoms with Crippen molar-refractivity contribution >= 4 is 11.9 Å². The standard InChI is InChI=1S/C8H13NO3/c1-4(2)5-3-8(5,6(9)10)7(11)12/h4-5H,3H2,1-2H3,(H2,9,10)(H,11,12). The van der Waals surface area contributed by atoms with Gasteiger partial charge in [0, 0.05) is 0 Å². The summed E-state index contributed by atoms with van der Waals surface area (Å²) in [6.45, 7) is 3.80. The molecule has 3 N–H and O–H groups in total. The molecule has 1 amide bonds. The SMILES string of the molecule is CC(C)C1CC1(C(N)=O)C(=O)O. The number of amides is 1. The predicted molar refractivity (Wildman–Crippen MR) is 42.2 cm³/mol. The first-order chi connectivity index (χ1) is 5.43. The van der Waals surface area contributed by atoms with Gasteiger partial charge in [0.2, 0.25) is 5.91 Å². The molecule has 0 aromatic heterocycles. The Morgan fingerprint density at radius 2 is 2.08 bits per heavy atom. The number of rotatable bonds is 3. The van der Waals surface area contributed by atoms with Crippen molar-refractivity contribution in [1.82, 2.24) is 0 Å². The predicted octanol–water partition coefficient (Wildman–Crippen LogP) is 0.219. The molecule has 0 aliphatic heterocycles. The third-order valence-corrected chi connectivity index (χ3v) is 2.64. The van der Waals surface area contributed by atoms with E-state index >= 15 is 0 Å². The number of nitrogens with two attached hydrogens (primary N) is 1. The summed E-state index contributed by atoms with van der Waals surface area (Å²) in [6, 6.07) is 0. The molecule has 0 aromatic rings. The van der Waals surface area contributed by atoms with Crippen LogP contribution in [0, 0.1) is 17.3 Å². The highest BCUT2D eigenvalue weighted by molar-refractivity contribution is 6.04. The molecule has 0 aromatic carbocycles. The Morgan fingerprint density at radius 1 is 1.58 bits per heavy atom. The normalized spacial score (nSPS) is 33.4. The van der Waals surface area contributed by atoms with Crippen molar-refractivity contribution in [2.45, 2.75) is 20.3 Å². The second-order valence-electron chi connectivity index (χ2n) is 3.70. The molecule has 1 aliphatic rings. The Balaban J connectivity index is 2.83. The fourth-order valence-electron chi connectivity index (χ4n) is 1.73. The smallest absolute Gasteiger partial charge is 0.319 e. The largest absolute Gasteiger partial charge is 0.480 e. The summed E-state index contributed by atoms with van der Waals surface area (Å²) < 4.78 is 0. The highest BCUT2D eigenvalue weighted by Gasteiger charge is 2.66. The molecule has 2 unspecified atom stereocenters. The number of carboxylic acids is 1. The molecule has 0 spiro atoms. The van der Waals surface area contributed by atoms with Gasteiger partial charge in [0.25, 0.3) is 0 Å². The first-order valence-corrected chi connectivity index (χ1v) is 3.96. The quantitative estimate of drug-likeness (QED) is 0.596. The van der Waals surface area contributed by atoms with Crippen LogP contribution in [0.4, 0.5) is 0 Å². The molecule has 1 aliphatic carbocycles. The fourth-order valence-corrected chi connectivity index (χ4v) is 1.73. The Labute approximate surface area is 70.7 Å². The van der Waals surface area contributed by atoms with Gasteiger partial charge in [0.1, 0.15) is 5.41 Å². The highest BCUT2D eigenvalue weighted by Crippen LogP contribution is 2.56. The third kappa shape index (κ3) is 0.983. The molecule has 68 valence electrons. The maximum absolute atomic E-state index is 10.9. The Bertz CT molecular complexity index is 220. The van der Waals surface area contributed by atoms with E-state index in [1.54, 1.807) is 0 Å². The molecule has 0 radical (unpaired) electrons. The van der Waals surface area contributed by atoms with Gasteiger partial charge >= 0.3 is 5.97 Å². The van der Waals surface area contributed by atoms with Crippen LogP contribution in [0.2, 0.25) is 0 Å². The molecular formula is C8H13NO3. The van der Waals surface area contributed by atoms with Gasteiger partial charge in [-0.25, -0.2) is 0 Å². The third-order valence-electron chi connectivity index (χ3n) is 2.64. The van der Waals surface area contributed by atoms with E-state index in [4.69, 9.17) is 10.8 Å². The van der Waals surface area contributed by atoms with E-state index in [1.807, 2.05) is 13.8 Å². The van der Waals surface area contributed by atoms with Gasteiger partial charge in [-0.3, -0.25) is 9.59 Å². The molecule has 4 nitrogen and oxygen atoms in total. The van der Waals surface area contributed by atoms with Crippen molar-refractivity contribution in [3.63, 3.8) is 0 Å². The lowest BCUT2D eigenvalue weighted by Crippen LogP contribution is -2.34. The van der Waals surface area contributed by atoms with Crippen LogP contribution >= 0.6 is 0 Å². The Kier molecular flexibility index (Phi) is 1.86. The van der Waals surface area contributed by atoms with E-state index in [1.165, 1.54) is 0 Å². The summed E-state index contributed by atoms with van der Waals surface area (Å²) >= 11 is 0. The molecule has 1 rings (SSSR count). The van der Waals surface area contributed by atoms with E-state index in [9.17, 15) is 9.59 Å². The van der Waals surface area contributed by atoms with Crippen LogP contribution in [-0.4, -0.2) is 17.0 Å². The molecule has 0 saturated heterocycles. The summed E-state index contributed by atoms with van der Waals surface area (Å²) in [7, 11) is 0. The topological polar surface area (TPSA) is 80.4 Å². The van der Waals surface area contributed by atoms with Crippen LogP contribution in [0.15, 0.2) is 0 Å². The zero-order valence-electron chi connectivity index (χ0n) is 7.20. The van der Waals surface area contributed by atoms with Crippen LogP contribution in [0.3, 0.4) is 0 Å². The summed E-state index contributed by atoms with van der Waals surface area (Å²) in [5.74, 6) is -1.65. The van der Waals surface area contributed by atoms with Gasteiger partial charge in [-0.1, -0.05) is 13.8 Å². The van der Waals surface area contributed by atoms with Gasteiger partial charge in [-0.05, 0) is 18.3 Å².